The van der Waals surface area contributed by atoms with Crippen LogP contribution < -0.4 is 5.48 Å². The van der Waals surface area contributed by atoms with E-state index in [1.54, 1.807) is 26.8 Å². The van der Waals surface area contributed by atoms with Gasteiger partial charge >= 0.3 is 12.1 Å². The van der Waals surface area contributed by atoms with Gasteiger partial charge in [0.25, 0.3) is 0 Å². The molecule has 0 aromatic carbocycles. The van der Waals surface area contributed by atoms with Crippen LogP contribution in [0.2, 0.25) is 0 Å². The molecule has 1 N–H and O–H groups in total. The summed E-state index contributed by atoms with van der Waals surface area (Å²) in [7, 11) is 0. The van der Waals surface area contributed by atoms with Crippen molar-refractivity contribution in [2.24, 2.45) is 11.3 Å². The van der Waals surface area contributed by atoms with Crippen LogP contribution in [-0.4, -0.2) is 17.7 Å². The molecule has 102 valence electrons. The number of ether oxygens (including phenoxy) is 1. The van der Waals surface area contributed by atoms with E-state index in [0.717, 1.165) is 6.42 Å². The fourth-order valence-electron chi connectivity index (χ4n) is 1.92. The number of carbonyl (C=O) groups excluding carboxylic acids is 2. The van der Waals surface area contributed by atoms with Gasteiger partial charge in [-0.3, -0.25) is 0 Å². The van der Waals surface area contributed by atoms with Gasteiger partial charge in [0.15, 0.2) is 0 Å². The molecule has 18 heavy (non-hydrogen) atoms. The molecule has 0 bridgehead atoms. The highest BCUT2D eigenvalue weighted by Crippen LogP contribution is 2.56. The molecule has 0 aromatic rings. The monoisotopic (exact) mass is 255 g/mol. The van der Waals surface area contributed by atoms with E-state index < -0.39 is 23.1 Å². The molecule has 1 fully saturated rings. The van der Waals surface area contributed by atoms with E-state index in [2.05, 4.69) is 6.58 Å². The second-order valence-corrected chi connectivity index (χ2v) is 5.55. The predicted octanol–water partition coefficient (Wildman–Crippen LogP) is 2.57. The van der Waals surface area contributed by atoms with Gasteiger partial charge in [-0.2, -0.15) is 0 Å². The van der Waals surface area contributed by atoms with Gasteiger partial charge < -0.3 is 9.57 Å². The first-order chi connectivity index (χ1) is 8.25. The average molecular weight is 255 g/mol. The summed E-state index contributed by atoms with van der Waals surface area (Å²) in [5.41, 5.74) is 0.879. The second kappa shape index (κ2) is 5.00. The molecule has 1 rings (SSSR count). The zero-order valence-corrected chi connectivity index (χ0v) is 11.4. The van der Waals surface area contributed by atoms with Gasteiger partial charge in [-0.1, -0.05) is 13.0 Å². The maximum absolute atomic E-state index is 11.9. The van der Waals surface area contributed by atoms with Crippen LogP contribution in [-0.2, 0) is 14.4 Å². The third-order valence-corrected chi connectivity index (χ3v) is 3.08. The van der Waals surface area contributed by atoms with Crippen molar-refractivity contribution in [3.05, 3.63) is 12.7 Å². The maximum atomic E-state index is 11.9. The highest BCUT2D eigenvalue weighted by Gasteiger charge is 2.58. The van der Waals surface area contributed by atoms with Gasteiger partial charge in [0.05, 0.1) is 5.41 Å². The average Bonchev–Trinajstić information content (AvgIpc) is 2.98. The maximum Gasteiger partial charge on any atom is 0.441 e. The number of hydroxylamine groups is 1. The summed E-state index contributed by atoms with van der Waals surface area (Å²) >= 11 is 0. The summed E-state index contributed by atoms with van der Waals surface area (Å²) < 4.78 is 4.96. The number of allylic oxidation sites excluding steroid dienone is 1. The zero-order valence-electron chi connectivity index (χ0n) is 11.4. The normalized spacial score (nSPS) is 26.1. The topological polar surface area (TPSA) is 64.6 Å². The van der Waals surface area contributed by atoms with E-state index in [-0.39, 0.29) is 5.92 Å². The highest BCUT2D eigenvalue weighted by molar-refractivity contribution is 5.82. The number of amides is 1. The van der Waals surface area contributed by atoms with Gasteiger partial charge in [-0.15, -0.1) is 12.1 Å². The van der Waals surface area contributed by atoms with Crippen molar-refractivity contribution in [1.29, 1.82) is 0 Å². The molecule has 0 heterocycles. The first kappa shape index (κ1) is 14.5. The van der Waals surface area contributed by atoms with Gasteiger partial charge in [0.2, 0.25) is 0 Å². The van der Waals surface area contributed by atoms with Gasteiger partial charge in [-0.25, -0.2) is 9.59 Å². The summed E-state index contributed by atoms with van der Waals surface area (Å²) in [5, 5.41) is 0. The van der Waals surface area contributed by atoms with E-state index in [1.165, 1.54) is 0 Å². The van der Waals surface area contributed by atoms with E-state index in [1.807, 2.05) is 12.4 Å². The van der Waals surface area contributed by atoms with Crippen molar-refractivity contribution in [3.8, 4) is 0 Å². The molecular weight excluding hydrogens is 234 g/mol. The molecule has 1 aliphatic carbocycles. The molecule has 1 saturated carbocycles. The summed E-state index contributed by atoms with van der Waals surface area (Å²) in [6.07, 6.45) is 2.37. The summed E-state index contributed by atoms with van der Waals surface area (Å²) in [6, 6.07) is 0. The van der Waals surface area contributed by atoms with E-state index in [9.17, 15) is 9.59 Å². The van der Waals surface area contributed by atoms with E-state index >= 15 is 0 Å². The minimum Gasteiger partial charge on any atom is -0.442 e. The van der Waals surface area contributed by atoms with Crippen molar-refractivity contribution in [1.82, 2.24) is 5.48 Å². The minimum absolute atomic E-state index is 0.135. The van der Waals surface area contributed by atoms with E-state index in [0.29, 0.717) is 6.42 Å². The Bertz CT molecular complexity index is 358. The van der Waals surface area contributed by atoms with Crippen LogP contribution in [0.5, 0.6) is 0 Å². The lowest BCUT2D eigenvalue weighted by molar-refractivity contribution is -0.157. The minimum atomic E-state index is -0.766. The van der Waals surface area contributed by atoms with E-state index in [4.69, 9.17) is 9.57 Å². The third-order valence-electron chi connectivity index (χ3n) is 3.08. The summed E-state index contributed by atoms with van der Waals surface area (Å²) in [4.78, 5) is 28.0. The molecule has 1 aliphatic rings. The van der Waals surface area contributed by atoms with Crippen LogP contribution >= 0.6 is 0 Å². The van der Waals surface area contributed by atoms with Crippen molar-refractivity contribution in [2.45, 2.75) is 46.1 Å². The number of hydrogen-bond donors (Lipinski definition) is 1. The van der Waals surface area contributed by atoms with Crippen molar-refractivity contribution >= 4 is 12.1 Å². The fourth-order valence-corrected chi connectivity index (χ4v) is 1.92. The van der Waals surface area contributed by atoms with Crippen molar-refractivity contribution in [2.75, 3.05) is 0 Å². The summed E-state index contributed by atoms with van der Waals surface area (Å²) in [6.45, 7) is 10.8. The number of carbonyl (C=O) groups is 2. The third kappa shape index (κ3) is 3.24. The lowest BCUT2D eigenvalue weighted by Gasteiger charge is -2.20. The Morgan fingerprint density at radius 2 is 2.11 bits per heavy atom. The molecule has 1 amide bonds. The second-order valence-electron chi connectivity index (χ2n) is 5.55. The zero-order chi connectivity index (χ0) is 14.0. The Hall–Kier alpha value is -1.52. The van der Waals surface area contributed by atoms with Gasteiger partial charge in [-0.05, 0) is 39.5 Å². The van der Waals surface area contributed by atoms with Crippen LogP contribution in [0.1, 0.15) is 40.5 Å². The molecule has 0 saturated heterocycles. The quantitative estimate of drug-likeness (QED) is 0.622. The fraction of sp³-hybridized carbons (Fsp3) is 0.692. The molecule has 0 spiro atoms. The molecular formula is C13H21NO4. The van der Waals surface area contributed by atoms with Crippen LogP contribution in [0.3, 0.4) is 0 Å². The van der Waals surface area contributed by atoms with Gasteiger partial charge in [0.1, 0.15) is 5.60 Å². The molecule has 2 atom stereocenters. The first-order valence-electron chi connectivity index (χ1n) is 6.08. The van der Waals surface area contributed by atoms with Crippen molar-refractivity contribution in [3.63, 3.8) is 0 Å². The molecule has 0 aliphatic heterocycles. The SMILES string of the molecule is C=C[C@@H]1C[C@@]1(CC)C(=O)ONC(=O)OC(C)(C)C. The Morgan fingerprint density at radius 3 is 2.50 bits per heavy atom. The smallest absolute Gasteiger partial charge is 0.441 e. The highest BCUT2D eigenvalue weighted by atomic mass is 16.7. The largest absolute Gasteiger partial charge is 0.442 e. The standard InChI is InChI=1S/C13H21NO4/c1-6-9-8-13(9,7-2)10(15)18-14-11(16)17-12(3,4)5/h6,9H,1,7-8H2,2-5H3,(H,14,16)/t9-,13-/m1/s1. The van der Waals surface area contributed by atoms with Crippen molar-refractivity contribution < 1.29 is 19.2 Å². The summed E-state index contributed by atoms with van der Waals surface area (Å²) in [5.74, 6) is -0.295. The van der Waals surface area contributed by atoms with Crippen LogP contribution in [0.25, 0.3) is 0 Å². The molecule has 0 unspecified atom stereocenters. The van der Waals surface area contributed by atoms with Crippen LogP contribution in [0.15, 0.2) is 12.7 Å². The molecule has 0 aromatic heterocycles. The molecule has 5 heteroatoms. The lowest BCUT2D eigenvalue weighted by atomic mass is 10.0. The van der Waals surface area contributed by atoms with Crippen LogP contribution in [0, 0.1) is 11.3 Å². The number of nitrogens with one attached hydrogen (secondary N) is 1. The molecule has 0 radical (unpaired) electrons. The lowest BCUT2D eigenvalue weighted by Crippen LogP contribution is -2.36. The Balaban J connectivity index is 2.43. The Kier molecular flexibility index (Phi) is 4.04. The van der Waals surface area contributed by atoms with Crippen LogP contribution in [0.4, 0.5) is 4.79 Å². The Labute approximate surface area is 107 Å². The number of hydrogen-bond acceptors (Lipinski definition) is 4. The Morgan fingerprint density at radius 1 is 1.50 bits per heavy atom. The molecule has 5 nitrogen and oxygen atoms in total. The first-order valence-corrected chi connectivity index (χ1v) is 6.08. The van der Waals surface area contributed by atoms with Gasteiger partial charge in [0, 0.05) is 0 Å². The number of rotatable bonds is 3. The predicted molar refractivity (Wildman–Crippen MR) is 66.5 cm³/mol.